The van der Waals surface area contributed by atoms with Crippen LogP contribution in [0, 0.1) is 25.5 Å². The molecule has 0 saturated heterocycles. The van der Waals surface area contributed by atoms with E-state index in [4.69, 9.17) is 0 Å². The summed E-state index contributed by atoms with van der Waals surface area (Å²) in [5.74, 6) is -1.04. The van der Waals surface area contributed by atoms with Gasteiger partial charge in [0, 0.05) is 23.9 Å². The molecule has 0 aliphatic heterocycles. The molecule has 0 aliphatic rings. The van der Waals surface area contributed by atoms with Gasteiger partial charge in [-0.3, -0.25) is 4.68 Å². The quantitative estimate of drug-likeness (QED) is 0.932. The van der Waals surface area contributed by atoms with Crippen LogP contribution >= 0.6 is 0 Å². The molecule has 2 aromatic rings. The third-order valence-electron chi connectivity index (χ3n) is 3.60. The van der Waals surface area contributed by atoms with Gasteiger partial charge in [-0.05, 0) is 32.0 Å². The molecule has 1 aromatic carbocycles. The highest BCUT2D eigenvalue weighted by Crippen LogP contribution is 2.30. The molecule has 0 amide bonds. The monoisotopic (exact) mass is 279 g/mol. The minimum atomic E-state index is -0.540. The van der Waals surface area contributed by atoms with Crippen molar-refractivity contribution in [3.63, 3.8) is 0 Å². The van der Waals surface area contributed by atoms with E-state index in [1.807, 2.05) is 20.9 Å². The third kappa shape index (κ3) is 2.45. The van der Waals surface area contributed by atoms with E-state index < -0.39 is 17.7 Å². The zero-order valence-corrected chi connectivity index (χ0v) is 12.2. The molecule has 0 saturated carbocycles. The fraction of sp³-hybridized carbons (Fsp3) is 0.400. The second-order valence-electron chi connectivity index (χ2n) is 4.89. The van der Waals surface area contributed by atoms with Gasteiger partial charge in [-0.2, -0.15) is 5.10 Å². The van der Waals surface area contributed by atoms with Crippen LogP contribution in [0.25, 0.3) is 0 Å². The molecule has 108 valence electrons. The third-order valence-corrected chi connectivity index (χ3v) is 3.60. The number of aromatic nitrogens is 2. The molecule has 1 heterocycles. The predicted octanol–water partition coefficient (Wildman–Crippen LogP) is 3.01. The summed E-state index contributed by atoms with van der Waals surface area (Å²) in [7, 11) is 1.81. The van der Waals surface area contributed by atoms with Crippen LogP contribution in [0.4, 0.5) is 8.78 Å². The van der Waals surface area contributed by atoms with E-state index in [9.17, 15) is 8.78 Å². The van der Waals surface area contributed by atoms with Crippen molar-refractivity contribution in [1.82, 2.24) is 15.1 Å². The standard InChI is InChI=1S/C15H19F2N3/c1-5-18-15(11-8-19-20(4)10(11)3)13-12(16)7-6-9(2)14(13)17/h6-8,15,18H,5H2,1-4H3. The van der Waals surface area contributed by atoms with Gasteiger partial charge in [0.25, 0.3) is 0 Å². The van der Waals surface area contributed by atoms with E-state index in [1.165, 1.54) is 12.1 Å². The summed E-state index contributed by atoms with van der Waals surface area (Å²) in [5, 5.41) is 7.30. The van der Waals surface area contributed by atoms with Crippen LogP contribution in [-0.2, 0) is 7.05 Å². The van der Waals surface area contributed by atoms with E-state index in [2.05, 4.69) is 10.4 Å². The highest BCUT2D eigenvalue weighted by molar-refractivity contribution is 5.37. The van der Waals surface area contributed by atoms with Crippen LogP contribution in [0.1, 0.15) is 35.3 Å². The molecule has 1 unspecified atom stereocenters. The van der Waals surface area contributed by atoms with E-state index in [-0.39, 0.29) is 5.56 Å². The summed E-state index contributed by atoms with van der Waals surface area (Å²) in [4.78, 5) is 0. The predicted molar refractivity (Wildman–Crippen MR) is 74.6 cm³/mol. The number of nitrogens with zero attached hydrogens (tertiary/aromatic N) is 2. The average Bonchev–Trinajstić information content (AvgIpc) is 2.74. The number of hydrogen-bond acceptors (Lipinski definition) is 2. The molecule has 0 spiro atoms. The first-order chi connectivity index (χ1) is 9.47. The largest absolute Gasteiger partial charge is 0.306 e. The Kier molecular flexibility index (Phi) is 4.18. The molecule has 20 heavy (non-hydrogen) atoms. The van der Waals surface area contributed by atoms with Crippen LogP contribution < -0.4 is 5.32 Å². The minimum Gasteiger partial charge on any atom is -0.306 e. The number of aryl methyl sites for hydroxylation is 2. The molecule has 0 aliphatic carbocycles. The molecule has 1 N–H and O–H groups in total. The van der Waals surface area contributed by atoms with Crippen LogP contribution in [0.5, 0.6) is 0 Å². The van der Waals surface area contributed by atoms with Crippen molar-refractivity contribution in [3.8, 4) is 0 Å². The molecule has 0 fully saturated rings. The Morgan fingerprint density at radius 1 is 1.30 bits per heavy atom. The maximum Gasteiger partial charge on any atom is 0.134 e. The SMILES string of the molecule is CCNC(c1cnn(C)c1C)c1c(F)ccc(C)c1F. The lowest BCUT2D eigenvalue weighted by molar-refractivity contribution is 0.505. The molecule has 1 atom stereocenters. The van der Waals surface area contributed by atoms with Crippen molar-refractivity contribution in [3.05, 3.63) is 52.3 Å². The number of nitrogens with one attached hydrogen (secondary N) is 1. The van der Waals surface area contributed by atoms with Gasteiger partial charge in [-0.25, -0.2) is 8.78 Å². The van der Waals surface area contributed by atoms with Gasteiger partial charge in [0.05, 0.1) is 12.2 Å². The maximum absolute atomic E-state index is 14.4. The zero-order valence-electron chi connectivity index (χ0n) is 12.2. The molecule has 2 rings (SSSR count). The maximum atomic E-state index is 14.4. The number of halogens is 2. The van der Waals surface area contributed by atoms with Gasteiger partial charge in [0.15, 0.2) is 0 Å². The second kappa shape index (κ2) is 5.71. The molecule has 0 radical (unpaired) electrons. The van der Waals surface area contributed by atoms with Gasteiger partial charge in [-0.1, -0.05) is 13.0 Å². The lowest BCUT2D eigenvalue weighted by Gasteiger charge is -2.20. The zero-order chi connectivity index (χ0) is 14.9. The average molecular weight is 279 g/mol. The van der Waals surface area contributed by atoms with Crippen molar-refractivity contribution in [2.24, 2.45) is 7.05 Å². The summed E-state index contributed by atoms with van der Waals surface area (Å²) < 4.78 is 30.2. The highest BCUT2D eigenvalue weighted by atomic mass is 19.1. The molecule has 1 aromatic heterocycles. The summed E-state index contributed by atoms with van der Waals surface area (Å²) in [6, 6.07) is 2.23. The van der Waals surface area contributed by atoms with E-state index in [1.54, 1.807) is 17.8 Å². The normalized spacial score (nSPS) is 12.7. The van der Waals surface area contributed by atoms with Crippen LogP contribution in [0.2, 0.25) is 0 Å². The van der Waals surface area contributed by atoms with Gasteiger partial charge >= 0.3 is 0 Å². The Balaban J connectivity index is 2.60. The molecule has 0 bridgehead atoms. The minimum absolute atomic E-state index is 0.0583. The van der Waals surface area contributed by atoms with E-state index >= 15 is 0 Å². The molecule has 3 nitrogen and oxygen atoms in total. The van der Waals surface area contributed by atoms with Crippen LogP contribution in [0.15, 0.2) is 18.3 Å². The van der Waals surface area contributed by atoms with Gasteiger partial charge in [0.2, 0.25) is 0 Å². The van der Waals surface area contributed by atoms with Crippen LogP contribution in [-0.4, -0.2) is 16.3 Å². The first-order valence-electron chi connectivity index (χ1n) is 6.63. The number of hydrogen-bond donors (Lipinski definition) is 1. The van der Waals surface area contributed by atoms with Crippen molar-refractivity contribution in [2.45, 2.75) is 26.8 Å². The van der Waals surface area contributed by atoms with Crippen molar-refractivity contribution >= 4 is 0 Å². The molecule has 5 heteroatoms. The Morgan fingerprint density at radius 3 is 2.55 bits per heavy atom. The first-order valence-corrected chi connectivity index (χ1v) is 6.63. The first kappa shape index (κ1) is 14.7. The lowest BCUT2D eigenvalue weighted by Crippen LogP contribution is -2.25. The van der Waals surface area contributed by atoms with Crippen LogP contribution in [0.3, 0.4) is 0 Å². The van der Waals surface area contributed by atoms with Crippen molar-refractivity contribution < 1.29 is 8.78 Å². The van der Waals surface area contributed by atoms with Crippen molar-refractivity contribution in [2.75, 3.05) is 6.54 Å². The van der Waals surface area contributed by atoms with Gasteiger partial charge < -0.3 is 5.32 Å². The molecular formula is C15H19F2N3. The summed E-state index contributed by atoms with van der Waals surface area (Å²) in [5.41, 5.74) is 2.17. The Hall–Kier alpha value is -1.75. The lowest BCUT2D eigenvalue weighted by atomic mass is 9.96. The Bertz CT molecular complexity index is 620. The van der Waals surface area contributed by atoms with Gasteiger partial charge in [-0.15, -0.1) is 0 Å². The molecular weight excluding hydrogens is 260 g/mol. The smallest absolute Gasteiger partial charge is 0.134 e. The second-order valence-corrected chi connectivity index (χ2v) is 4.89. The van der Waals surface area contributed by atoms with E-state index in [0.29, 0.717) is 12.1 Å². The summed E-state index contributed by atoms with van der Waals surface area (Å²) in [6.07, 6.45) is 1.66. The number of rotatable bonds is 4. The Morgan fingerprint density at radius 2 is 2.00 bits per heavy atom. The number of benzene rings is 1. The topological polar surface area (TPSA) is 29.9 Å². The fourth-order valence-electron chi connectivity index (χ4n) is 2.31. The highest BCUT2D eigenvalue weighted by Gasteiger charge is 2.25. The Labute approximate surface area is 117 Å². The fourth-order valence-corrected chi connectivity index (χ4v) is 2.31. The van der Waals surface area contributed by atoms with Gasteiger partial charge in [0.1, 0.15) is 11.6 Å². The summed E-state index contributed by atoms with van der Waals surface area (Å²) >= 11 is 0. The van der Waals surface area contributed by atoms with Crippen molar-refractivity contribution in [1.29, 1.82) is 0 Å². The van der Waals surface area contributed by atoms with E-state index in [0.717, 1.165) is 11.3 Å². The summed E-state index contributed by atoms with van der Waals surface area (Å²) in [6.45, 7) is 6.03.